The Morgan fingerprint density at radius 2 is 2.19 bits per heavy atom. The fourth-order valence-corrected chi connectivity index (χ4v) is 5.09. The SMILES string of the molecule is Cc1nn(C)c(C)c1NC(=O)C(C)Sc1nnc(NCCc2cccs2)s1. The average Bonchev–Trinajstić information content (AvgIpc) is 3.35. The van der Waals surface area contributed by atoms with Gasteiger partial charge in [0.1, 0.15) is 0 Å². The van der Waals surface area contributed by atoms with Crippen molar-refractivity contribution in [2.75, 3.05) is 17.2 Å². The highest BCUT2D eigenvalue weighted by molar-refractivity contribution is 8.02. The summed E-state index contributed by atoms with van der Waals surface area (Å²) in [4.78, 5) is 13.9. The summed E-state index contributed by atoms with van der Waals surface area (Å²) in [6.45, 7) is 6.51. The molecule has 2 N–H and O–H groups in total. The summed E-state index contributed by atoms with van der Waals surface area (Å²) >= 11 is 4.63. The topological polar surface area (TPSA) is 84.7 Å². The molecule has 0 aliphatic rings. The van der Waals surface area contributed by atoms with Crippen molar-refractivity contribution in [3.05, 3.63) is 33.8 Å². The molecular weight excluding hydrogens is 400 g/mol. The molecule has 0 aliphatic heterocycles. The molecule has 0 aliphatic carbocycles. The molecule has 0 fully saturated rings. The van der Waals surface area contributed by atoms with E-state index in [0.717, 1.165) is 39.5 Å². The monoisotopic (exact) mass is 422 g/mol. The second-order valence-corrected chi connectivity index (χ2v) is 9.65. The Balaban J connectivity index is 1.50. The average molecular weight is 423 g/mol. The van der Waals surface area contributed by atoms with Gasteiger partial charge in [-0.25, -0.2) is 0 Å². The summed E-state index contributed by atoms with van der Waals surface area (Å²) < 4.78 is 2.54. The zero-order chi connectivity index (χ0) is 19.4. The molecule has 3 rings (SSSR count). The van der Waals surface area contributed by atoms with Gasteiger partial charge in [-0.1, -0.05) is 29.2 Å². The number of hydrogen-bond acceptors (Lipinski definition) is 8. The molecule has 3 heterocycles. The molecule has 0 saturated heterocycles. The minimum atomic E-state index is -0.282. The molecule has 10 heteroatoms. The molecule has 0 bridgehead atoms. The Labute approximate surface area is 170 Å². The maximum atomic E-state index is 12.5. The van der Waals surface area contributed by atoms with E-state index in [2.05, 4.69) is 43.4 Å². The van der Waals surface area contributed by atoms with E-state index in [0.29, 0.717) is 0 Å². The van der Waals surface area contributed by atoms with Crippen LogP contribution in [0.1, 0.15) is 23.2 Å². The van der Waals surface area contributed by atoms with E-state index in [1.807, 2.05) is 27.8 Å². The van der Waals surface area contributed by atoms with Crippen LogP contribution in [0, 0.1) is 13.8 Å². The third-order valence-electron chi connectivity index (χ3n) is 4.04. The first-order valence-electron chi connectivity index (χ1n) is 8.51. The van der Waals surface area contributed by atoms with Crippen molar-refractivity contribution in [3.63, 3.8) is 0 Å². The quantitative estimate of drug-likeness (QED) is 0.538. The smallest absolute Gasteiger partial charge is 0.237 e. The van der Waals surface area contributed by atoms with Gasteiger partial charge in [0.15, 0.2) is 4.34 Å². The highest BCUT2D eigenvalue weighted by atomic mass is 32.2. The predicted molar refractivity (Wildman–Crippen MR) is 113 cm³/mol. The Kier molecular flexibility index (Phi) is 6.51. The van der Waals surface area contributed by atoms with E-state index in [1.54, 1.807) is 16.0 Å². The first-order chi connectivity index (χ1) is 12.9. The molecule has 1 atom stereocenters. The van der Waals surface area contributed by atoms with Gasteiger partial charge in [0.25, 0.3) is 0 Å². The number of anilines is 2. The Morgan fingerprint density at radius 3 is 2.85 bits per heavy atom. The van der Waals surface area contributed by atoms with Crippen LogP contribution >= 0.6 is 34.4 Å². The van der Waals surface area contributed by atoms with Crippen LogP contribution in [0.4, 0.5) is 10.8 Å². The van der Waals surface area contributed by atoms with Gasteiger partial charge < -0.3 is 10.6 Å². The van der Waals surface area contributed by atoms with E-state index in [-0.39, 0.29) is 11.2 Å². The van der Waals surface area contributed by atoms with E-state index in [9.17, 15) is 4.79 Å². The molecule has 3 aromatic heterocycles. The second kappa shape index (κ2) is 8.85. The van der Waals surface area contributed by atoms with E-state index in [1.165, 1.54) is 28.0 Å². The molecule has 0 spiro atoms. The van der Waals surface area contributed by atoms with Crippen molar-refractivity contribution in [1.82, 2.24) is 20.0 Å². The number of aromatic nitrogens is 4. The van der Waals surface area contributed by atoms with Gasteiger partial charge in [-0.15, -0.1) is 21.5 Å². The van der Waals surface area contributed by atoms with Crippen LogP contribution in [0.25, 0.3) is 0 Å². The first-order valence-corrected chi connectivity index (χ1v) is 11.1. The fraction of sp³-hybridized carbons (Fsp3) is 0.412. The van der Waals surface area contributed by atoms with Gasteiger partial charge in [-0.2, -0.15) is 5.10 Å². The molecule has 1 unspecified atom stereocenters. The van der Waals surface area contributed by atoms with Crippen molar-refractivity contribution in [2.24, 2.45) is 7.05 Å². The van der Waals surface area contributed by atoms with Crippen molar-refractivity contribution in [3.8, 4) is 0 Å². The standard InChI is InChI=1S/C17H22N6OS3/c1-10-14(11(2)23(4)22-10)19-15(24)12(3)26-17-21-20-16(27-17)18-8-7-13-6-5-9-25-13/h5-6,9,12H,7-8H2,1-4H3,(H,18,20)(H,19,24). The summed E-state index contributed by atoms with van der Waals surface area (Å²) in [5.41, 5.74) is 2.53. The van der Waals surface area contributed by atoms with Gasteiger partial charge in [0.2, 0.25) is 11.0 Å². The van der Waals surface area contributed by atoms with E-state index in [4.69, 9.17) is 0 Å². The number of rotatable bonds is 8. The van der Waals surface area contributed by atoms with Crippen LogP contribution in [-0.2, 0) is 18.3 Å². The number of carbonyl (C=O) groups is 1. The summed E-state index contributed by atoms with van der Waals surface area (Å²) in [5.74, 6) is -0.0680. The van der Waals surface area contributed by atoms with Gasteiger partial charge in [-0.05, 0) is 38.6 Å². The zero-order valence-corrected chi connectivity index (χ0v) is 18.1. The van der Waals surface area contributed by atoms with Gasteiger partial charge in [0, 0.05) is 18.5 Å². The lowest BCUT2D eigenvalue weighted by molar-refractivity contribution is -0.115. The number of hydrogen-bond donors (Lipinski definition) is 2. The lowest BCUT2D eigenvalue weighted by atomic mass is 10.3. The number of thiophene rings is 1. The molecule has 7 nitrogen and oxygen atoms in total. The molecular formula is C17H22N6OS3. The first kappa shape index (κ1) is 19.8. The number of amides is 1. The number of carbonyl (C=O) groups excluding carboxylic acids is 1. The van der Waals surface area contributed by atoms with Gasteiger partial charge in [-0.3, -0.25) is 9.48 Å². The van der Waals surface area contributed by atoms with Crippen molar-refractivity contribution in [2.45, 2.75) is 36.8 Å². The van der Waals surface area contributed by atoms with Gasteiger partial charge in [0.05, 0.1) is 22.3 Å². The van der Waals surface area contributed by atoms with Crippen LogP contribution in [-0.4, -0.2) is 37.7 Å². The lowest BCUT2D eigenvalue weighted by Crippen LogP contribution is -2.23. The minimum absolute atomic E-state index is 0.0680. The zero-order valence-electron chi connectivity index (χ0n) is 15.6. The molecule has 3 aromatic rings. The molecule has 1 amide bonds. The third-order valence-corrected chi connectivity index (χ3v) is 7.04. The van der Waals surface area contributed by atoms with Crippen LogP contribution in [0.15, 0.2) is 21.9 Å². The number of nitrogens with zero attached hydrogens (tertiary/aromatic N) is 4. The highest BCUT2D eigenvalue weighted by Crippen LogP contribution is 2.30. The second-order valence-electron chi connectivity index (χ2n) is 6.05. The molecule has 27 heavy (non-hydrogen) atoms. The number of nitrogens with one attached hydrogen (secondary N) is 2. The fourth-order valence-electron chi connectivity index (χ4n) is 2.46. The largest absolute Gasteiger partial charge is 0.360 e. The maximum absolute atomic E-state index is 12.5. The van der Waals surface area contributed by atoms with Crippen molar-refractivity contribution >= 4 is 51.2 Å². The van der Waals surface area contributed by atoms with Crippen molar-refractivity contribution < 1.29 is 4.79 Å². The molecule has 0 saturated carbocycles. The lowest BCUT2D eigenvalue weighted by Gasteiger charge is -2.10. The number of aryl methyl sites for hydroxylation is 2. The Morgan fingerprint density at radius 1 is 1.37 bits per heavy atom. The predicted octanol–water partition coefficient (Wildman–Crippen LogP) is 3.72. The van der Waals surface area contributed by atoms with Crippen LogP contribution in [0.3, 0.4) is 0 Å². The summed E-state index contributed by atoms with van der Waals surface area (Å²) in [6.07, 6.45) is 0.961. The molecule has 0 aromatic carbocycles. The van der Waals surface area contributed by atoms with Gasteiger partial charge >= 0.3 is 0 Å². The summed E-state index contributed by atoms with van der Waals surface area (Å²) in [6, 6.07) is 4.18. The summed E-state index contributed by atoms with van der Waals surface area (Å²) in [7, 11) is 1.87. The van der Waals surface area contributed by atoms with Crippen molar-refractivity contribution in [1.29, 1.82) is 0 Å². The van der Waals surface area contributed by atoms with Crippen LogP contribution in [0.2, 0.25) is 0 Å². The Bertz CT molecular complexity index is 902. The van der Waals surface area contributed by atoms with Crippen LogP contribution < -0.4 is 10.6 Å². The third kappa shape index (κ3) is 5.08. The molecule has 144 valence electrons. The van der Waals surface area contributed by atoms with Crippen LogP contribution in [0.5, 0.6) is 0 Å². The molecule has 0 radical (unpaired) electrons. The van der Waals surface area contributed by atoms with E-state index < -0.39 is 0 Å². The minimum Gasteiger partial charge on any atom is -0.360 e. The van der Waals surface area contributed by atoms with E-state index >= 15 is 0 Å². The number of thioether (sulfide) groups is 1. The maximum Gasteiger partial charge on any atom is 0.237 e. The normalized spacial score (nSPS) is 12.1. The highest BCUT2D eigenvalue weighted by Gasteiger charge is 2.20. The Hall–Kier alpha value is -1.91. The summed E-state index contributed by atoms with van der Waals surface area (Å²) in [5, 5.41) is 21.5.